The third kappa shape index (κ3) is 3.68. The average molecular weight is 291 g/mol. The Balaban J connectivity index is 2.11. The number of benzene rings is 2. The molecule has 2 aromatic carbocycles. The van der Waals surface area contributed by atoms with E-state index in [4.69, 9.17) is 5.73 Å². The van der Waals surface area contributed by atoms with Gasteiger partial charge in [0.1, 0.15) is 0 Å². The minimum atomic E-state index is -0.906. The lowest BCUT2D eigenvalue weighted by Crippen LogP contribution is -2.19. The molecule has 2 aromatic rings. The third-order valence-corrected chi connectivity index (χ3v) is 3.00. The highest BCUT2D eigenvalue weighted by atomic mass is 19.2. The molecule has 1 unspecified atom stereocenters. The largest absolute Gasteiger partial charge is 0.376 e. The Labute approximate surface area is 121 Å². The van der Waals surface area contributed by atoms with Crippen LogP contribution in [0.4, 0.5) is 25.0 Å². The summed E-state index contributed by atoms with van der Waals surface area (Å²) in [7, 11) is 0. The highest BCUT2D eigenvalue weighted by Crippen LogP contribution is 2.24. The van der Waals surface area contributed by atoms with Crippen LogP contribution in [-0.2, 0) is 0 Å². The molecule has 0 spiro atoms. The summed E-state index contributed by atoms with van der Waals surface area (Å²) < 4.78 is 26.7. The van der Waals surface area contributed by atoms with Crippen LogP contribution in [0.2, 0.25) is 0 Å². The Hall–Kier alpha value is -2.63. The number of rotatable bonds is 4. The topological polar surface area (TPSA) is 67.2 Å². The summed E-state index contributed by atoms with van der Waals surface area (Å²) >= 11 is 0. The minimum Gasteiger partial charge on any atom is -0.376 e. The average Bonchev–Trinajstić information content (AvgIpc) is 2.44. The Morgan fingerprint density at radius 2 is 1.81 bits per heavy atom. The number of hydrogen-bond acceptors (Lipinski definition) is 2. The molecule has 2 amide bonds. The summed E-state index contributed by atoms with van der Waals surface area (Å²) in [5, 5.41) is 5.35. The number of amides is 2. The van der Waals surface area contributed by atoms with Gasteiger partial charge in [-0.1, -0.05) is 18.2 Å². The van der Waals surface area contributed by atoms with Gasteiger partial charge in [0.2, 0.25) is 0 Å². The maximum atomic E-state index is 13.6. The first-order chi connectivity index (χ1) is 9.97. The van der Waals surface area contributed by atoms with Crippen LogP contribution in [0.3, 0.4) is 0 Å². The third-order valence-electron chi connectivity index (χ3n) is 3.00. The summed E-state index contributed by atoms with van der Waals surface area (Å²) in [6.07, 6.45) is 0. The molecular formula is C15H15F2N3O. The smallest absolute Gasteiger partial charge is 0.316 e. The van der Waals surface area contributed by atoms with E-state index in [1.54, 1.807) is 24.3 Å². The summed E-state index contributed by atoms with van der Waals surface area (Å²) in [5.74, 6) is -1.80. The molecule has 0 aliphatic rings. The van der Waals surface area contributed by atoms with Crippen LogP contribution < -0.4 is 16.4 Å². The molecule has 6 heteroatoms. The number of anilines is 2. The van der Waals surface area contributed by atoms with Crippen LogP contribution in [0.5, 0.6) is 0 Å². The molecule has 0 aromatic heterocycles. The summed E-state index contributed by atoms with van der Waals surface area (Å²) in [6, 6.07) is 9.99. The number of nitrogens with two attached hydrogens (primary N) is 1. The molecule has 0 heterocycles. The molecule has 2 rings (SSSR count). The van der Waals surface area contributed by atoms with E-state index in [1.165, 1.54) is 12.1 Å². The van der Waals surface area contributed by atoms with Crippen molar-refractivity contribution in [3.8, 4) is 0 Å². The first-order valence-corrected chi connectivity index (χ1v) is 6.34. The molecule has 0 fully saturated rings. The number of carbonyl (C=O) groups is 1. The Morgan fingerprint density at radius 1 is 1.14 bits per heavy atom. The number of nitrogens with one attached hydrogen (secondary N) is 2. The SMILES string of the molecule is CC(Nc1cccc(F)c1F)c1ccc(NC(N)=O)cc1. The van der Waals surface area contributed by atoms with Crippen LogP contribution in [-0.4, -0.2) is 6.03 Å². The van der Waals surface area contributed by atoms with E-state index in [2.05, 4.69) is 10.6 Å². The van der Waals surface area contributed by atoms with Gasteiger partial charge in [0.15, 0.2) is 11.6 Å². The van der Waals surface area contributed by atoms with E-state index in [1.807, 2.05) is 6.92 Å². The van der Waals surface area contributed by atoms with Crippen molar-refractivity contribution in [3.05, 3.63) is 59.7 Å². The monoisotopic (exact) mass is 291 g/mol. The van der Waals surface area contributed by atoms with Gasteiger partial charge >= 0.3 is 6.03 Å². The minimum absolute atomic E-state index is 0.0989. The van der Waals surface area contributed by atoms with Gasteiger partial charge in [-0.25, -0.2) is 13.6 Å². The van der Waals surface area contributed by atoms with Crippen molar-refractivity contribution in [2.45, 2.75) is 13.0 Å². The first-order valence-electron chi connectivity index (χ1n) is 6.34. The number of primary amides is 1. The van der Waals surface area contributed by atoms with Crippen LogP contribution in [0.15, 0.2) is 42.5 Å². The molecule has 0 aliphatic heterocycles. The van der Waals surface area contributed by atoms with Gasteiger partial charge in [-0.15, -0.1) is 0 Å². The highest BCUT2D eigenvalue weighted by molar-refractivity contribution is 5.87. The highest BCUT2D eigenvalue weighted by Gasteiger charge is 2.11. The molecule has 1 atom stereocenters. The van der Waals surface area contributed by atoms with Gasteiger partial charge in [-0.2, -0.15) is 0 Å². The van der Waals surface area contributed by atoms with Crippen LogP contribution in [0, 0.1) is 11.6 Å². The molecule has 4 nitrogen and oxygen atoms in total. The second kappa shape index (κ2) is 6.21. The Bertz CT molecular complexity index is 644. The zero-order valence-electron chi connectivity index (χ0n) is 11.4. The van der Waals surface area contributed by atoms with Gasteiger partial charge in [0.05, 0.1) is 5.69 Å². The molecule has 0 bridgehead atoms. The first kappa shape index (κ1) is 14.8. The van der Waals surface area contributed by atoms with E-state index in [0.717, 1.165) is 11.6 Å². The maximum absolute atomic E-state index is 13.6. The van der Waals surface area contributed by atoms with Crippen LogP contribution >= 0.6 is 0 Å². The fourth-order valence-corrected chi connectivity index (χ4v) is 1.93. The molecule has 0 saturated heterocycles. The fourth-order valence-electron chi connectivity index (χ4n) is 1.93. The zero-order chi connectivity index (χ0) is 15.4. The zero-order valence-corrected chi connectivity index (χ0v) is 11.4. The van der Waals surface area contributed by atoms with Crippen molar-refractivity contribution in [2.24, 2.45) is 5.73 Å². The van der Waals surface area contributed by atoms with E-state index in [0.29, 0.717) is 5.69 Å². The van der Waals surface area contributed by atoms with Crippen molar-refractivity contribution in [3.63, 3.8) is 0 Å². The fraction of sp³-hybridized carbons (Fsp3) is 0.133. The van der Waals surface area contributed by atoms with Crippen LogP contribution in [0.25, 0.3) is 0 Å². The van der Waals surface area contributed by atoms with Gasteiger partial charge in [0, 0.05) is 11.7 Å². The second-order valence-corrected chi connectivity index (χ2v) is 4.58. The Morgan fingerprint density at radius 3 is 2.43 bits per heavy atom. The molecule has 0 aliphatic carbocycles. The second-order valence-electron chi connectivity index (χ2n) is 4.58. The van der Waals surface area contributed by atoms with Crippen molar-refractivity contribution in [2.75, 3.05) is 10.6 Å². The number of hydrogen-bond donors (Lipinski definition) is 3. The van der Waals surface area contributed by atoms with Gasteiger partial charge in [-0.05, 0) is 36.8 Å². The Kier molecular flexibility index (Phi) is 4.37. The predicted molar refractivity (Wildman–Crippen MR) is 78.0 cm³/mol. The number of halogens is 2. The van der Waals surface area contributed by atoms with Crippen molar-refractivity contribution in [1.29, 1.82) is 0 Å². The summed E-state index contributed by atoms with van der Waals surface area (Å²) in [4.78, 5) is 10.7. The van der Waals surface area contributed by atoms with Gasteiger partial charge in [-0.3, -0.25) is 0 Å². The summed E-state index contributed by atoms with van der Waals surface area (Å²) in [6.45, 7) is 1.82. The quantitative estimate of drug-likeness (QED) is 0.805. The predicted octanol–water partition coefficient (Wildman–Crippen LogP) is 3.63. The lowest BCUT2D eigenvalue weighted by molar-refractivity contribution is 0.259. The summed E-state index contributed by atoms with van der Waals surface area (Å²) in [5.41, 5.74) is 6.54. The molecule has 110 valence electrons. The van der Waals surface area contributed by atoms with Crippen molar-refractivity contribution >= 4 is 17.4 Å². The van der Waals surface area contributed by atoms with Crippen molar-refractivity contribution < 1.29 is 13.6 Å². The molecular weight excluding hydrogens is 276 g/mol. The van der Waals surface area contributed by atoms with Crippen molar-refractivity contribution in [1.82, 2.24) is 0 Å². The van der Waals surface area contributed by atoms with Gasteiger partial charge < -0.3 is 16.4 Å². The van der Waals surface area contributed by atoms with E-state index < -0.39 is 17.7 Å². The molecule has 21 heavy (non-hydrogen) atoms. The van der Waals surface area contributed by atoms with E-state index in [9.17, 15) is 13.6 Å². The maximum Gasteiger partial charge on any atom is 0.316 e. The van der Waals surface area contributed by atoms with Crippen LogP contribution in [0.1, 0.15) is 18.5 Å². The standard InChI is InChI=1S/C15H15F2N3O/c1-9(19-13-4-2-3-12(16)14(13)17)10-5-7-11(8-6-10)20-15(18)21/h2-9,19H,1H3,(H3,18,20,21). The number of carbonyl (C=O) groups excluding carboxylic acids is 1. The van der Waals surface area contributed by atoms with Gasteiger partial charge in [0.25, 0.3) is 0 Å². The lowest BCUT2D eigenvalue weighted by atomic mass is 10.1. The molecule has 0 radical (unpaired) electrons. The molecule has 4 N–H and O–H groups in total. The van der Waals surface area contributed by atoms with E-state index >= 15 is 0 Å². The van der Waals surface area contributed by atoms with E-state index in [-0.39, 0.29) is 11.7 Å². The normalized spacial score (nSPS) is 11.8. The molecule has 0 saturated carbocycles. The number of urea groups is 1. The lowest BCUT2D eigenvalue weighted by Gasteiger charge is -2.17.